The fourth-order valence-electron chi connectivity index (χ4n) is 5.79. The number of hydrogen-bond acceptors (Lipinski definition) is 9. The van der Waals surface area contributed by atoms with Crippen LogP contribution in [0.2, 0.25) is 0 Å². The van der Waals surface area contributed by atoms with Crippen molar-refractivity contribution >= 4 is 65.8 Å². The minimum atomic E-state index is -1.09. The summed E-state index contributed by atoms with van der Waals surface area (Å²) in [5.41, 5.74) is 4.11. The van der Waals surface area contributed by atoms with Crippen molar-refractivity contribution in [2.24, 2.45) is 0 Å². The zero-order valence-corrected chi connectivity index (χ0v) is 31.9. The molecule has 0 fully saturated rings. The van der Waals surface area contributed by atoms with Crippen molar-refractivity contribution < 1.29 is 14.3 Å². The van der Waals surface area contributed by atoms with Crippen molar-refractivity contribution in [3.63, 3.8) is 0 Å². The Morgan fingerprint density at radius 3 is 1.60 bits per heavy atom. The maximum Gasteiger partial charge on any atom is 0.411 e. The van der Waals surface area contributed by atoms with Crippen LogP contribution < -0.4 is 5.32 Å². The van der Waals surface area contributed by atoms with Crippen LogP contribution in [0.1, 0.15) is 64.9 Å². The highest BCUT2D eigenvalue weighted by Gasteiger charge is 2.21. The number of esters is 1. The number of ether oxygens (including phenoxy) is 1. The minimum absolute atomic E-state index is 0.328. The van der Waals surface area contributed by atoms with Gasteiger partial charge in [0.25, 0.3) is 0 Å². The summed E-state index contributed by atoms with van der Waals surface area (Å²) >= 11 is 8.44. The number of likely N-dealkylation sites (N-methyl/N-ethyl adjacent to an activating group) is 2. The molecule has 10 heteroatoms. The quantitative estimate of drug-likeness (QED) is 0.0854. The molecule has 0 aliphatic heterocycles. The number of halogens is 1. The van der Waals surface area contributed by atoms with E-state index in [0.717, 1.165) is 44.2 Å². The standard InChI is InChI=1S/C19H22N2S.C18H20N2S.C3H3ClO3/c1-14(16-9-6-7-12-20-16)19-15-8-4-5-10-17(15)22-18(19)11-13-21(2)3;1-13(15-8-5-6-11-20-15)18-14-7-3-4-9-16(14)21-17(18)10-12-19-2;1-2(5)7-3(4)6/h4-10,12,14H,11,13H2,1-3H3;3-9,11,13,19H,10,12H2,1-2H3;1H3/t14-;13-;/m00./s1. The van der Waals surface area contributed by atoms with E-state index in [-0.39, 0.29) is 0 Å². The van der Waals surface area contributed by atoms with E-state index < -0.39 is 11.4 Å². The van der Waals surface area contributed by atoms with E-state index in [1.165, 1.54) is 41.1 Å². The minimum Gasteiger partial charge on any atom is -0.381 e. The van der Waals surface area contributed by atoms with Crippen LogP contribution in [0.15, 0.2) is 97.3 Å². The Labute approximate surface area is 308 Å². The second kappa shape index (κ2) is 19.4. The highest BCUT2D eigenvalue weighted by molar-refractivity contribution is 7.19. The zero-order chi connectivity index (χ0) is 36.0. The lowest BCUT2D eigenvalue weighted by Gasteiger charge is -2.15. The summed E-state index contributed by atoms with van der Waals surface area (Å²) < 4.78 is 6.50. The molecule has 1 N–H and O–H groups in total. The summed E-state index contributed by atoms with van der Waals surface area (Å²) in [6, 6.07) is 29.8. The number of thiophene rings is 2. The summed E-state index contributed by atoms with van der Waals surface area (Å²) in [6.45, 7) is 7.72. The summed E-state index contributed by atoms with van der Waals surface area (Å²) in [4.78, 5) is 33.6. The van der Waals surface area contributed by atoms with Gasteiger partial charge in [-0.3, -0.25) is 14.8 Å². The molecule has 0 radical (unpaired) electrons. The predicted octanol–water partition coefficient (Wildman–Crippen LogP) is 9.67. The first kappa shape index (κ1) is 38.8. The van der Waals surface area contributed by atoms with Crippen molar-refractivity contribution in [3.05, 3.63) is 130 Å². The molecule has 262 valence electrons. The normalized spacial score (nSPS) is 12.1. The van der Waals surface area contributed by atoms with Crippen molar-refractivity contribution in [2.45, 2.75) is 45.4 Å². The van der Waals surface area contributed by atoms with Crippen molar-refractivity contribution in [1.29, 1.82) is 0 Å². The average Bonchev–Trinajstić information content (AvgIpc) is 3.68. The first-order valence-electron chi connectivity index (χ1n) is 16.6. The molecule has 0 aliphatic rings. The third-order valence-electron chi connectivity index (χ3n) is 8.16. The number of nitrogens with one attached hydrogen (secondary N) is 1. The molecule has 0 amide bonds. The molecule has 2 aromatic carbocycles. The molecule has 4 heterocycles. The molecule has 0 saturated carbocycles. The van der Waals surface area contributed by atoms with Crippen LogP contribution in [0.3, 0.4) is 0 Å². The summed E-state index contributed by atoms with van der Waals surface area (Å²) in [6.07, 6.45) is 5.94. The number of fused-ring (bicyclic) bond motifs is 2. The molecule has 0 bridgehead atoms. The number of benzene rings is 2. The Bertz CT molecular complexity index is 1950. The van der Waals surface area contributed by atoms with Gasteiger partial charge >= 0.3 is 11.4 Å². The van der Waals surface area contributed by atoms with Gasteiger partial charge in [-0.15, -0.1) is 22.7 Å². The third kappa shape index (κ3) is 10.8. The lowest BCUT2D eigenvalue weighted by molar-refractivity contribution is -0.133. The highest BCUT2D eigenvalue weighted by atomic mass is 35.5. The highest BCUT2D eigenvalue weighted by Crippen LogP contribution is 2.40. The molecule has 0 spiro atoms. The number of hydrogen-bond donors (Lipinski definition) is 1. The predicted molar refractivity (Wildman–Crippen MR) is 210 cm³/mol. The summed E-state index contributed by atoms with van der Waals surface area (Å²) in [5.74, 6) is -0.0382. The monoisotopic (exact) mass is 728 g/mol. The van der Waals surface area contributed by atoms with Gasteiger partial charge in [0.1, 0.15) is 0 Å². The molecule has 0 aliphatic carbocycles. The van der Waals surface area contributed by atoms with Gasteiger partial charge in [0.15, 0.2) is 0 Å². The van der Waals surface area contributed by atoms with Gasteiger partial charge in [-0.1, -0.05) is 62.4 Å². The molecule has 0 saturated heterocycles. The van der Waals surface area contributed by atoms with Gasteiger partial charge in [0.2, 0.25) is 0 Å². The largest absolute Gasteiger partial charge is 0.411 e. The number of nitrogens with zero attached hydrogens (tertiary/aromatic N) is 3. The molecule has 7 nitrogen and oxygen atoms in total. The Morgan fingerprint density at radius 2 is 1.22 bits per heavy atom. The smallest absolute Gasteiger partial charge is 0.381 e. The molecule has 4 aromatic heterocycles. The molecule has 6 rings (SSSR count). The summed E-state index contributed by atoms with van der Waals surface area (Å²) in [5, 5.41) is 6.03. The van der Waals surface area contributed by atoms with E-state index in [1.54, 1.807) is 0 Å². The SMILES string of the molecule is CC(=O)OC(=O)Cl.CNCCc1sc2ccccc2c1[C@@H](C)c1ccccn1.C[C@@H](c1ccccn1)c1c(CCN(C)C)sc2ccccc12. The number of aromatic nitrogens is 2. The first-order valence-corrected chi connectivity index (χ1v) is 18.6. The fourth-order valence-corrected chi connectivity index (χ4v) is 8.49. The lowest BCUT2D eigenvalue weighted by Crippen LogP contribution is -2.15. The van der Waals surface area contributed by atoms with E-state index in [4.69, 9.17) is 0 Å². The van der Waals surface area contributed by atoms with Crippen LogP contribution in [0.25, 0.3) is 20.2 Å². The van der Waals surface area contributed by atoms with Crippen LogP contribution in [0, 0.1) is 0 Å². The van der Waals surface area contributed by atoms with Gasteiger partial charge in [-0.2, -0.15) is 0 Å². The number of carbonyl (C=O) groups excluding carboxylic acids is 2. The van der Waals surface area contributed by atoms with Crippen molar-refractivity contribution in [1.82, 2.24) is 20.2 Å². The molecule has 0 unspecified atom stereocenters. The molecule has 6 aromatic rings. The van der Waals surface area contributed by atoms with E-state index in [1.807, 2.05) is 54.2 Å². The summed E-state index contributed by atoms with van der Waals surface area (Å²) in [7, 11) is 6.28. The van der Waals surface area contributed by atoms with Crippen LogP contribution in [-0.4, -0.2) is 60.5 Å². The van der Waals surface area contributed by atoms with Gasteiger partial charge in [0.05, 0.1) is 0 Å². The van der Waals surface area contributed by atoms with Gasteiger partial charge in [-0.05, 0) is 98.8 Å². The Balaban J connectivity index is 0.000000190. The zero-order valence-electron chi connectivity index (χ0n) is 29.5. The van der Waals surface area contributed by atoms with Gasteiger partial charge in [0, 0.05) is 79.8 Å². The van der Waals surface area contributed by atoms with E-state index in [0.29, 0.717) is 11.8 Å². The Kier molecular flexibility index (Phi) is 15.1. The van der Waals surface area contributed by atoms with E-state index >= 15 is 0 Å². The van der Waals surface area contributed by atoms with Crippen molar-refractivity contribution in [3.8, 4) is 0 Å². The fraction of sp³-hybridized carbons (Fsp3) is 0.300. The number of carbonyl (C=O) groups is 2. The Hall–Kier alpha value is -3.99. The maximum atomic E-state index is 9.73. The topological polar surface area (TPSA) is 84.4 Å². The molecule has 50 heavy (non-hydrogen) atoms. The second-order valence-electron chi connectivity index (χ2n) is 12.1. The second-order valence-corrected chi connectivity index (χ2v) is 14.6. The average molecular weight is 729 g/mol. The van der Waals surface area contributed by atoms with Crippen LogP contribution >= 0.6 is 34.3 Å². The van der Waals surface area contributed by atoms with Crippen LogP contribution in [0.5, 0.6) is 0 Å². The van der Waals surface area contributed by atoms with E-state index in [9.17, 15) is 9.59 Å². The first-order chi connectivity index (χ1) is 24.1. The molecular weight excluding hydrogens is 684 g/mol. The molecule has 2 atom stereocenters. The van der Waals surface area contributed by atoms with Gasteiger partial charge in [-0.25, -0.2) is 4.79 Å². The molecular formula is C40H45ClN4O3S2. The number of pyridine rings is 2. The van der Waals surface area contributed by atoms with E-state index in [2.05, 4.69) is 137 Å². The van der Waals surface area contributed by atoms with Crippen LogP contribution in [-0.2, 0) is 22.4 Å². The third-order valence-corrected chi connectivity index (χ3v) is 10.7. The lowest BCUT2D eigenvalue weighted by atomic mass is 9.93. The number of rotatable bonds is 10. The van der Waals surface area contributed by atoms with Crippen molar-refractivity contribution in [2.75, 3.05) is 34.2 Å². The van der Waals surface area contributed by atoms with Gasteiger partial charge < -0.3 is 15.0 Å². The Morgan fingerprint density at radius 1 is 0.760 bits per heavy atom. The van der Waals surface area contributed by atoms with Crippen LogP contribution in [0.4, 0.5) is 4.79 Å². The maximum absolute atomic E-state index is 9.73.